The Kier molecular flexibility index (Phi) is 0.785. The second-order valence-corrected chi connectivity index (χ2v) is 1.84. The molecule has 3 nitrogen and oxygen atoms in total. The number of aliphatic carboxylic acids is 1. The Morgan fingerprint density at radius 1 is 1.86 bits per heavy atom. The second-order valence-electron chi connectivity index (χ2n) is 1.84. The van der Waals surface area contributed by atoms with Crippen molar-refractivity contribution in [2.45, 2.75) is 12.5 Å². The molecule has 3 heteroatoms. The summed E-state index contributed by atoms with van der Waals surface area (Å²) in [6.07, 6.45) is 0.662. The van der Waals surface area contributed by atoms with E-state index in [1.54, 1.807) is 0 Å². The van der Waals surface area contributed by atoms with Crippen molar-refractivity contribution in [2.75, 3.05) is 0 Å². The van der Waals surface area contributed by atoms with E-state index in [0.29, 0.717) is 6.42 Å². The lowest BCUT2D eigenvalue weighted by Gasteiger charge is -1.80. The van der Waals surface area contributed by atoms with Crippen molar-refractivity contribution in [3.05, 3.63) is 0 Å². The van der Waals surface area contributed by atoms with Crippen LogP contribution >= 0.6 is 0 Å². The first-order valence-corrected chi connectivity index (χ1v) is 2.20. The van der Waals surface area contributed by atoms with Crippen LogP contribution in [-0.4, -0.2) is 17.1 Å². The van der Waals surface area contributed by atoms with Gasteiger partial charge in [-0.05, 0) is 6.42 Å². The predicted octanol–water partition coefficient (Wildman–Crippen LogP) is -0.582. The van der Waals surface area contributed by atoms with Crippen LogP contribution in [-0.2, 0) is 4.79 Å². The number of nitrogens with two attached hydrogens (primary N) is 1. The molecule has 0 heterocycles. The van der Waals surface area contributed by atoms with Crippen LogP contribution in [0.4, 0.5) is 0 Å². The minimum absolute atomic E-state index is 0.0579. The maximum absolute atomic E-state index is 9.89. The Labute approximate surface area is 41.1 Å². The van der Waals surface area contributed by atoms with Crippen molar-refractivity contribution in [1.29, 1.82) is 0 Å². The molecule has 0 bridgehead atoms. The molecule has 2 atom stereocenters. The SMILES string of the molecule is N[C@H]1CC1C(=O)O. The molecule has 0 spiro atoms. The zero-order valence-corrected chi connectivity index (χ0v) is 3.79. The molecule has 1 aliphatic rings. The Balaban J connectivity index is 2.33. The van der Waals surface area contributed by atoms with E-state index >= 15 is 0 Å². The van der Waals surface area contributed by atoms with Gasteiger partial charge in [0.05, 0.1) is 5.92 Å². The van der Waals surface area contributed by atoms with E-state index in [2.05, 4.69) is 0 Å². The highest BCUT2D eigenvalue weighted by Crippen LogP contribution is 2.27. The first-order chi connectivity index (χ1) is 3.22. The van der Waals surface area contributed by atoms with Gasteiger partial charge in [-0.25, -0.2) is 0 Å². The van der Waals surface area contributed by atoms with Crippen LogP contribution in [0, 0.1) is 5.92 Å². The zero-order chi connectivity index (χ0) is 5.44. The van der Waals surface area contributed by atoms with Gasteiger partial charge >= 0.3 is 5.97 Å². The van der Waals surface area contributed by atoms with Gasteiger partial charge in [-0.1, -0.05) is 0 Å². The number of rotatable bonds is 1. The second kappa shape index (κ2) is 1.20. The molecule has 7 heavy (non-hydrogen) atoms. The molecule has 1 unspecified atom stereocenters. The number of carbonyl (C=O) groups is 1. The van der Waals surface area contributed by atoms with E-state index in [4.69, 9.17) is 10.8 Å². The summed E-state index contributed by atoms with van der Waals surface area (Å²) in [6.45, 7) is 0. The van der Waals surface area contributed by atoms with Gasteiger partial charge in [0.1, 0.15) is 0 Å². The third-order valence-electron chi connectivity index (χ3n) is 1.16. The molecule has 0 radical (unpaired) electrons. The lowest BCUT2D eigenvalue weighted by molar-refractivity contribution is -0.138. The monoisotopic (exact) mass is 101 g/mol. The zero-order valence-electron chi connectivity index (χ0n) is 3.79. The lowest BCUT2D eigenvalue weighted by Crippen LogP contribution is -2.08. The minimum atomic E-state index is -0.757. The van der Waals surface area contributed by atoms with Gasteiger partial charge < -0.3 is 10.8 Å². The van der Waals surface area contributed by atoms with Gasteiger partial charge in [0.25, 0.3) is 0 Å². The molecule has 0 aromatic heterocycles. The first-order valence-electron chi connectivity index (χ1n) is 2.20. The highest BCUT2D eigenvalue weighted by atomic mass is 16.4. The van der Waals surface area contributed by atoms with Crippen LogP contribution in [0.5, 0.6) is 0 Å². The van der Waals surface area contributed by atoms with E-state index in [0.717, 1.165) is 0 Å². The molecule has 0 saturated heterocycles. The molecular formula is C4H7NO2. The Hall–Kier alpha value is -0.570. The van der Waals surface area contributed by atoms with Gasteiger partial charge in [0, 0.05) is 6.04 Å². The molecule has 0 aliphatic heterocycles. The fourth-order valence-electron chi connectivity index (χ4n) is 0.499. The summed E-state index contributed by atoms with van der Waals surface area (Å²) in [5, 5.41) is 8.14. The predicted molar refractivity (Wildman–Crippen MR) is 23.7 cm³/mol. The topological polar surface area (TPSA) is 63.3 Å². The third-order valence-corrected chi connectivity index (χ3v) is 1.16. The largest absolute Gasteiger partial charge is 0.481 e. The summed E-state index contributed by atoms with van der Waals surface area (Å²) in [5.74, 6) is -0.993. The number of hydrogen-bond donors (Lipinski definition) is 2. The van der Waals surface area contributed by atoms with Crippen LogP contribution < -0.4 is 5.73 Å². The Bertz CT molecular complexity index is 102. The number of hydrogen-bond acceptors (Lipinski definition) is 2. The van der Waals surface area contributed by atoms with E-state index < -0.39 is 5.97 Å². The van der Waals surface area contributed by atoms with Gasteiger partial charge in [0.2, 0.25) is 0 Å². The van der Waals surface area contributed by atoms with Crippen molar-refractivity contribution in [1.82, 2.24) is 0 Å². The molecule has 40 valence electrons. The fraction of sp³-hybridized carbons (Fsp3) is 0.750. The van der Waals surface area contributed by atoms with Crippen LogP contribution in [0.3, 0.4) is 0 Å². The number of carboxylic acid groups (broad SMARTS) is 1. The lowest BCUT2D eigenvalue weighted by atomic mass is 10.4. The van der Waals surface area contributed by atoms with Crippen molar-refractivity contribution in [3.8, 4) is 0 Å². The fourth-order valence-corrected chi connectivity index (χ4v) is 0.499. The van der Waals surface area contributed by atoms with E-state index in [9.17, 15) is 4.79 Å². The summed E-state index contributed by atoms with van der Waals surface area (Å²) in [6, 6.07) is -0.0579. The standard InChI is InChI=1S/C4H7NO2/c5-3-1-2(3)4(6)7/h2-3H,1,5H2,(H,6,7)/t2?,3-/m0/s1. The van der Waals surface area contributed by atoms with Gasteiger partial charge in [-0.15, -0.1) is 0 Å². The molecule has 0 amide bonds. The van der Waals surface area contributed by atoms with Crippen molar-refractivity contribution in [2.24, 2.45) is 11.7 Å². The highest BCUT2D eigenvalue weighted by molar-refractivity contribution is 5.74. The molecule has 0 aromatic carbocycles. The molecule has 1 aliphatic carbocycles. The van der Waals surface area contributed by atoms with Gasteiger partial charge in [-0.2, -0.15) is 0 Å². The molecule has 1 fully saturated rings. The summed E-state index contributed by atoms with van der Waals surface area (Å²) in [4.78, 5) is 9.89. The maximum atomic E-state index is 9.89. The summed E-state index contributed by atoms with van der Waals surface area (Å²) >= 11 is 0. The van der Waals surface area contributed by atoms with Crippen molar-refractivity contribution in [3.63, 3.8) is 0 Å². The Morgan fingerprint density at radius 2 is 2.29 bits per heavy atom. The third kappa shape index (κ3) is 0.718. The number of carboxylic acids is 1. The van der Waals surface area contributed by atoms with Gasteiger partial charge in [0.15, 0.2) is 0 Å². The molecule has 1 saturated carbocycles. The average Bonchev–Trinajstić information content (AvgIpc) is 2.17. The summed E-state index contributed by atoms with van der Waals surface area (Å²) in [7, 11) is 0. The average molecular weight is 101 g/mol. The van der Waals surface area contributed by atoms with Crippen molar-refractivity contribution >= 4 is 5.97 Å². The normalized spacial score (nSPS) is 37.9. The van der Waals surface area contributed by atoms with Crippen LogP contribution in [0.25, 0.3) is 0 Å². The van der Waals surface area contributed by atoms with Crippen LogP contribution in [0.2, 0.25) is 0 Å². The molecule has 0 aromatic rings. The minimum Gasteiger partial charge on any atom is -0.481 e. The highest BCUT2D eigenvalue weighted by Gasteiger charge is 2.39. The van der Waals surface area contributed by atoms with Crippen LogP contribution in [0.15, 0.2) is 0 Å². The molecule has 3 N–H and O–H groups in total. The smallest absolute Gasteiger partial charge is 0.308 e. The Morgan fingerprint density at radius 3 is 2.29 bits per heavy atom. The van der Waals surface area contributed by atoms with E-state index in [1.807, 2.05) is 0 Å². The first kappa shape index (κ1) is 4.59. The maximum Gasteiger partial charge on any atom is 0.308 e. The summed E-state index contributed by atoms with van der Waals surface area (Å²) < 4.78 is 0. The molecular weight excluding hydrogens is 94.0 g/mol. The molecule has 1 rings (SSSR count). The quantitative estimate of drug-likeness (QED) is 0.464. The van der Waals surface area contributed by atoms with E-state index in [1.165, 1.54) is 0 Å². The van der Waals surface area contributed by atoms with Crippen LogP contribution in [0.1, 0.15) is 6.42 Å². The summed E-state index contributed by atoms with van der Waals surface area (Å²) in [5.41, 5.74) is 5.19. The van der Waals surface area contributed by atoms with Gasteiger partial charge in [-0.3, -0.25) is 4.79 Å². The van der Waals surface area contributed by atoms with E-state index in [-0.39, 0.29) is 12.0 Å². The van der Waals surface area contributed by atoms with Crippen molar-refractivity contribution < 1.29 is 9.90 Å².